The number of nitrogens with two attached hydrogens (primary N) is 1. The van der Waals surface area contributed by atoms with Gasteiger partial charge in [0.2, 0.25) is 0 Å². The summed E-state index contributed by atoms with van der Waals surface area (Å²) in [6, 6.07) is 6.34. The molecule has 1 aliphatic heterocycles. The first-order valence-electron chi connectivity index (χ1n) is 8.43. The standard InChI is InChI=1S/C17H18FN7O2/c1-11-4-5-23(21-11)8-12-9-25(22-20-12)16-3-2-13(6-15(16)18)24-10-14(7-19)27-17(24)26/h2-6,9,14H,7-8,10,19H2,1H3/t14-/m0/s1. The van der Waals surface area contributed by atoms with Gasteiger partial charge in [0.05, 0.1) is 30.7 Å². The third kappa shape index (κ3) is 3.38. The minimum atomic E-state index is -0.532. The predicted octanol–water partition coefficient (Wildman–Crippen LogP) is 1.24. The van der Waals surface area contributed by atoms with E-state index in [4.69, 9.17) is 10.5 Å². The van der Waals surface area contributed by atoms with Crippen LogP contribution in [0.4, 0.5) is 14.9 Å². The molecule has 0 spiro atoms. The highest BCUT2D eigenvalue weighted by atomic mass is 19.1. The number of carbonyl (C=O) groups excluding carboxylic acids is 1. The van der Waals surface area contributed by atoms with Gasteiger partial charge in [0.15, 0.2) is 5.82 Å². The van der Waals surface area contributed by atoms with Crippen LogP contribution in [0.1, 0.15) is 11.4 Å². The fourth-order valence-corrected chi connectivity index (χ4v) is 2.91. The van der Waals surface area contributed by atoms with Gasteiger partial charge in [0.25, 0.3) is 0 Å². The lowest BCUT2D eigenvalue weighted by atomic mass is 10.2. The Bertz CT molecular complexity index is 983. The van der Waals surface area contributed by atoms with Gasteiger partial charge in [0, 0.05) is 12.7 Å². The Hall–Kier alpha value is -3.27. The summed E-state index contributed by atoms with van der Waals surface area (Å²) in [5, 5.41) is 12.3. The van der Waals surface area contributed by atoms with Crippen LogP contribution >= 0.6 is 0 Å². The Morgan fingerprint density at radius 2 is 2.22 bits per heavy atom. The van der Waals surface area contributed by atoms with E-state index in [1.807, 2.05) is 19.2 Å². The number of ether oxygens (including phenoxy) is 1. The summed E-state index contributed by atoms with van der Waals surface area (Å²) in [6.45, 7) is 2.86. The quantitative estimate of drug-likeness (QED) is 0.724. The summed E-state index contributed by atoms with van der Waals surface area (Å²) >= 11 is 0. The average molecular weight is 371 g/mol. The second kappa shape index (κ2) is 6.80. The highest BCUT2D eigenvalue weighted by Gasteiger charge is 2.31. The maximum atomic E-state index is 14.6. The van der Waals surface area contributed by atoms with E-state index in [0.29, 0.717) is 24.5 Å². The van der Waals surface area contributed by atoms with Gasteiger partial charge in [-0.2, -0.15) is 5.10 Å². The molecule has 10 heteroatoms. The van der Waals surface area contributed by atoms with Crippen LogP contribution in [0, 0.1) is 12.7 Å². The molecular weight excluding hydrogens is 353 g/mol. The van der Waals surface area contributed by atoms with E-state index in [2.05, 4.69) is 15.4 Å². The lowest BCUT2D eigenvalue weighted by Crippen LogP contribution is -2.27. The normalized spacial score (nSPS) is 16.8. The van der Waals surface area contributed by atoms with Gasteiger partial charge in [-0.1, -0.05) is 5.21 Å². The van der Waals surface area contributed by atoms with Crippen molar-refractivity contribution in [2.45, 2.75) is 19.6 Å². The van der Waals surface area contributed by atoms with Gasteiger partial charge < -0.3 is 10.5 Å². The van der Waals surface area contributed by atoms with E-state index in [-0.39, 0.29) is 18.3 Å². The van der Waals surface area contributed by atoms with Crippen molar-refractivity contribution < 1.29 is 13.9 Å². The number of rotatable bonds is 5. The number of anilines is 1. The molecule has 3 aromatic rings. The van der Waals surface area contributed by atoms with Gasteiger partial charge in [-0.3, -0.25) is 9.58 Å². The van der Waals surface area contributed by atoms with Crippen LogP contribution in [0.5, 0.6) is 0 Å². The fraction of sp³-hybridized carbons (Fsp3) is 0.294. The Balaban J connectivity index is 1.54. The van der Waals surface area contributed by atoms with Crippen molar-refractivity contribution in [3.05, 3.63) is 53.9 Å². The zero-order chi connectivity index (χ0) is 19.0. The van der Waals surface area contributed by atoms with Crippen molar-refractivity contribution >= 4 is 11.8 Å². The van der Waals surface area contributed by atoms with Crippen LogP contribution in [0.2, 0.25) is 0 Å². The molecular formula is C17H18FN7O2. The minimum Gasteiger partial charge on any atom is -0.443 e. The molecule has 4 rings (SSSR count). The summed E-state index contributed by atoms with van der Waals surface area (Å²) in [7, 11) is 0. The molecule has 1 fully saturated rings. The lowest BCUT2D eigenvalue weighted by molar-refractivity contribution is 0.145. The molecule has 1 saturated heterocycles. The number of hydrogen-bond donors (Lipinski definition) is 1. The topological polar surface area (TPSA) is 104 Å². The third-order valence-corrected chi connectivity index (χ3v) is 4.27. The summed E-state index contributed by atoms with van der Waals surface area (Å²) in [5.74, 6) is -0.525. The lowest BCUT2D eigenvalue weighted by Gasteiger charge is -2.14. The zero-order valence-electron chi connectivity index (χ0n) is 14.6. The van der Waals surface area contributed by atoms with Gasteiger partial charge in [-0.05, 0) is 31.2 Å². The summed E-state index contributed by atoms with van der Waals surface area (Å²) in [6.07, 6.45) is 2.57. The Morgan fingerprint density at radius 3 is 2.89 bits per heavy atom. The smallest absolute Gasteiger partial charge is 0.414 e. The number of hydrogen-bond acceptors (Lipinski definition) is 6. The summed E-state index contributed by atoms with van der Waals surface area (Å²) in [4.78, 5) is 13.2. The maximum Gasteiger partial charge on any atom is 0.414 e. The van der Waals surface area contributed by atoms with Crippen molar-refractivity contribution in [1.29, 1.82) is 0 Å². The number of cyclic esters (lactones) is 1. The number of carbonyl (C=O) groups is 1. The molecule has 3 heterocycles. The van der Waals surface area contributed by atoms with Crippen LogP contribution in [0.15, 0.2) is 36.7 Å². The van der Waals surface area contributed by atoms with E-state index in [1.165, 1.54) is 15.6 Å². The van der Waals surface area contributed by atoms with E-state index < -0.39 is 11.9 Å². The van der Waals surface area contributed by atoms with Crippen LogP contribution in [0.25, 0.3) is 5.69 Å². The van der Waals surface area contributed by atoms with Crippen LogP contribution in [-0.2, 0) is 11.3 Å². The SMILES string of the molecule is Cc1ccn(Cc2cn(-c3ccc(N4C[C@H](CN)OC4=O)cc3F)nn2)n1. The highest BCUT2D eigenvalue weighted by Crippen LogP contribution is 2.25. The molecule has 1 atom stereocenters. The molecule has 0 aliphatic carbocycles. The molecule has 1 aromatic carbocycles. The van der Waals surface area contributed by atoms with Crippen molar-refractivity contribution in [2.75, 3.05) is 18.0 Å². The van der Waals surface area contributed by atoms with Crippen molar-refractivity contribution in [2.24, 2.45) is 5.73 Å². The van der Waals surface area contributed by atoms with Gasteiger partial charge in [0.1, 0.15) is 17.5 Å². The Kier molecular flexibility index (Phi) is 4.32. The first kappa shape index (κ1) is 17.2. The summed E-state index contributed by atoms with van der Waals surface area (Å²) in [5.41, 5.74) is 7.72. The van der Waals surface area contributed by atoms with E-state index in [9.17, 15) is 9.18 Å². The minimum absolute atomic E-state index is 0.223. The second-order valence-electron chi connectivity index (χ2n) is 6.30. The average Bonchev–Trinajstić information content (AvgIpc) is 3.36. The molecule has 140 valence electrons. The summed E-state index contributed by atoms with van der Waals surface area (Å²) < 4.78 is 22.8. The van der Waals surface area contributed by atoms with Gasteiger partial charge >= 0.3 is 6.09 Å². The monoisotopic (exact) mass is 371 g/mol. The molecule has 27 heavy (non-hydrogen) atoms. The van der Waals surface area contributed by atoms with Crippen LogP contribution < -0.4 is 10.6 Å². The molecule has 2 aromatic heterocycles. The number of amides is 1. The van der Waals surface area contributed by atoms with Crippen molar-refractivity contribution in [1.82, 2.24) is 24.8 Å². The second-order valence-corrected chi connectivity index (χ2v) is 6.30. The number of aryl methyl sites for hydroxylation is 1. The van der Waals surface area contributed by atoms with Crippen LogP contribution in [0.3, 0.4) is 0 Å². The zero-order valence-corrected chi connectivity index (χ0v) is 14.6. The molecule has 0 saturated carbocycles. The number of benzene rings is 1. The fourth-order valence-electron chi connectivity index (χ4n) is 2.91. The number of nitrogens with zero attached hydrogens (tertiary/aromatic N) is 6. The first-order valence-corrected chi connectivity index (χ1v) is 8.43. The molecule has 1 amide bonds. The number of halogens is 1. The van der Waals surface area contributed by atoms with Crippen LogP contribution in [-0.4, -0.2) is 50.1 Å². The number of aromatic nitrogens is 5. The Morgan fingerprint density at radius 1 is 1.37 bits per heavy atom. The van der Waals surface area contributed by atoms with E-state index in [0.717, 1.165) is 5.69 Å². The maximum absolute atomic E-state index is 14.6. The van der Waals surface area contributed by atoms with E-state index in [1.54, 1.807) is 23.0 Å². The third-order valence-electron chi connectivity index (χ3n) is 4.27. The highest BCUT2D eigenvalue weighted by molar-refractivity contribution is 5.89. The largest absolute Gasteiger partial charge is 0.443 e. The predicted molar refractivity (Wildman–Crippen MR) is 94.1 cm³/mol. The molecule has 0 bridgehead atoms. The Labute approximate surface area is 154 Å². The first-order chi connectivity index (χ1) is 13.0. The molecule has 9 nitrogen and oxygen atoms in total. The van der Waals surface area contributed by atoms with Crippen molar-refractivity contribution in [3.63, 3.8) is 0 Å². The van der Waals surface area contributed by atoms with Crippen molar-refractivity contribution in [3.8, 4) is 5.69 Å². The molecule has 2 N–H and O–H groups in total. The van der Waals surface area contributed by atoms with Gasteiger partial charge in [-0.15, -0.1) is 5.10 Å². The molecule has 1 aliphatic rings. The van der Waals surface area contributed by atoms with E-state index >= 15 is 0 Å². The molecule has 0 radical (unpaired) electrons. The van der Waals surface area contributed by atoms with Gasteiger partial charge in [-0.25, -0.2) is 13.9 Å². The molecule has 0 unspecified atom stereocenters.